The Labute approximate surface area is 157 Å². The predicted octanol–water partition coefficient (Wildman–Crippen LogP) is 3.97. The highest BCUT2D eigenvalue weighted by molar-refractivity contribution is 6.08. The van der Waals surface area contributed by atoms with Gasteiger partial charge >= 0.3 is 5.97 Å². The summed E-state index contributed by atoms with van der Waals surface area (Å²) in [4.78, 5) is 26.1. The summed E-state index contributed by atoms with van der Waals surface area (Å²) in [5.41, 5.74) is 3.19. The monoisotopic (exact) mass is 363 g/mol. The fourth-order valence-electron chi connectivity index (χ4n) is 4.01. The SMILES string of the molecule is CCOC(=O)c1c(-c2cccc(OC)c2)c2cccc3c2n(c1=O)C(C)C3. The normalized spacial score (nSPS) is 15.1. The molecule has 0 saturated heterocycles. The topological polar surface area (TPSA) is 57.5 Å². The van der Waals surface area contributed by atoms with Crippen LogP contribution in [0.2, 0.25) is 0 Å². The van der Waals surface area contributed by atoms with Crippen molar-refractivity contribution in [2.45, 2.75) is 26.3 Å². The average Bonchev–Trinajstić information content (AvgIpc) is 3.01. The van der Waals surface area contributed by atoms with Gasteiger partial charge in [-0.25, -0.2) is 4.79 Å². The number of aromatic nitrogens is 1. The average molecular weight is 363 g/mol. The summed E-state index contributed by atoms with van der Waals surface area (Å²) in [6, 6.07) is 13.4. The van der Waals surface area contributed by atoms with Gasteiger partial charge in [-0.3, -0.25) is 4.79 Å². The highest BCUT2D eigenvalue weighted by atomic mass is 16.5. The second kappa shape index (κ2) is 6.58. The van der Waals surface area contributed by atoms with Crippen LogP contribution in [0.15, 0.2) is 47.3 Å². The predicted molar refractivity (Wildman–Crippen MR) is 105 cm³/mol. The summed E-state index contributed by atoms with van der Waals surface area (Å²) in [6.45, 7) is 3.95. The molecule has 0 spiro atoms. The third-order valence-electron chi connectivity index (χ3n) is 5.11. The number of methoxy groups -OCH3 is 1. The van der Waals surface area contributed by atoms with Crippen molar-refractivity contribution in [1.82, 2.24) is 4.57 Å². The second-order valence-corrected chi connectivity index (χ2v) is 6.74. The Morgan fingerprint density at radius 2 is 2.00 bits per heavy atom. The van der Waals surface area contributed by atoms with E-state index in [1.54, 1.807) is 18.6 Å². The fourth-order valence-corrected chi connectivity index (χ4v) is 4.01. The summed E-state index contributed by atoms with van der Waals surface area (Å²) in [5, 5.41) is 0.882. The van der Waals surface area contributed by atoms with Gasteiger partial charge in [0.2, 0.25) is 0 Å². The fraction of sp³-hybridized carbons (Fsp3) is 0.273. The Morgan fingerprint density at radius 3 is 2.74 bits per heavy atom. The number of esters is 1. The molecule has 1 aliphatic rings. The van der Waals surface area contributed by atoms with E-state index in [-0.39, 0.29) is 23.8 Å². The highest BCUT2D eigenvalue weighted by Crippen LogP contribution is 2.38. The van der Waals surface area contributed by atoms with Crippen LogP contribution in [-0.4, -0.2) is 24.3 Å². The van der Waals surface area contributed by atoms with E-state index >= 15 is 0 Å². The maximum absolute atomic E-state index is 13.4. The second-order valence-electron chi connectivity index (χ2n) is 6.74. The Balaban J connectivity index is 2.16. The molecule has 1 aliphatic heterocycles. The number of nitrogens with zero attached hydrogens (tertiary/aromatic N) is 1. The molecule has 2 aromatic carbocycles. The number of carbonyl (C=O) groups excluding carboxylic acids is 1. The molecule has 1 unspecified atom stereocenters. The van der Waals surface area contributed by atoms with E-state index in [4.69, 9.17) is 9.47 Å². The number of benzene rings is 2. The van der Waals surface area contributed by atoms with Gasteiger partial charge in [0.05, 0.1) is 19.2 Å². The molecule has 0 saturated carbocycles. The molecule has 138 valence electrons. The molecule has 0 amide bonds. The standard InChI is InChI=1S/C22H21NO4/c1-4-27-22(25)19-18(14-7-5-9-16(12-14)26-3)17-10-6-8-15-11-13(2)23(20(15)17)21(19)24/h5-10,12-13H,4,11H2,1-3H3. The number of rotatable bonds is 4. The lowest BCUT2D eigenvalue weighted by atomic mass is 9.95. The van der Waals surface area contributed by atoms with Crippen LogP contribution >= 0.6 is 0 Å². The minimum atomic E-state index is -0.588. The molecule has 3 aromatic rings. The maximum atomic E-state index is 13.4. The number of hydrogen-bond acceptors (Lipinski definition) is 4. The van der Waals surface area contributed by atoms with Gasteiger partial charge in [-0.15, -0.1) is 0 Å². The van der Waals surface area contributed by atoms with Crippen molar-refractivity contribution in [1.29, 1.82) is 0 Å². The zero-order valence-corrected chi connectivity index (χ0v) is 15.6. The van der Waals surface area contributed by atoms with E-state index in [0.29, 0.717) is 11.3 Å². The van der Waals surface area contributed by atoms with Crippen molar-refractivity contribution in [3.63, 3.8) is 0 Å². The van der Waals surface area contributed by atoms with Gasteiger partial charge < -0.3 is 14.0 Å². The summed E-state index contributed by atoms with van der Waals surface area (Å²) in [7, 11) is 1.59. The van der Waals surface area contributed by atoms with Crippen molar-refractivity contribution < 1.29 is 14.3 Å². The van der Waals surface area contributed by atoms with E-state index < -0.39 is 5.97 Å². The summed E-state index contributed by atoms with van der Waals surface area (Å²) < 4.78 is 12.3. The van der Waals surface area contributed by atoms with Gasteiger partial charge in [-0.2, -0.15) is 0 Å². The van der Waals surface area contributed by atoms with Crippen molar-refractivity contribution in [2.24, 2.45) is 0 Å². The van der Waals surface area contributed by atoms with Crippen LogP contribution in [0.1, 0.15) is 35.8 Å². The summed E-state index contributed by atoms with van der Waals surface area (Å²) >= 11 is 0. The van der Waals surface area contributed by atoms with E-state index in [0.717, 1.165) is 28.5 Å². The highest BCUT2D eigenvalue weighted by Gasteiger charge is 2.30. The first-order valence-corrected chi connectivity index (χ1v) is 9.08. The van der Waals surface area contributed by atoms with Crippen molar-refractivity contribution >= 4 is 16.9 Å². The number of ether oxygens (including phenoxy) is 2. The van der Waals surface area contributed by atoms with Crippen LogP contribution in [-0.2, 0) is 11.2 Å². The van der Waals surface area contributed by atoms with Gasteiger partial charge in [0, 0.05) is 17.0 Å². The number of carbonyl (C=O) groups is 1. The van der Waals surface area contributed by atoms with E-state index in [2.05, 4.69) is 0 Å². The lowest BCUT2D eigenvalue weighted by molar-refractivity contribution is 0.0524. The minimum absolute atomic E-state index is 0.00457. The van der Waals surface area contributed by atoms with Gasteiger partial charge in [0.1, 0.15) is 11.3 Å². The first-order valence-electron chi connectivity index (χ1n) is 9.08. The smallest absolute Gasteiger partial charge is 0.344 e. The van der Waals surface area contributed by atoms with Crippen LogP contribution in [0, 0.1) is 0 Å². The quantitative estimate of drug-likeness (QED) is 0.658. The van der Waals surface area contributed by atoms with Crippen LogP contribution < -0.4 is 10.3 Å². The molecule has 0 aliphatic carbocycles. The largest absolute Gasteiger partial charge is 0.497 e. The Bertz CT molecular complexity index is 1110. The number of para-hydroxylation sites is 1. The van der Waals surface area contributed by atoms with E-state index in [9.17, 15) is 9.59 Å². The van der Waals surface area contributed by atoms with E-state index in [1.807, 2.05) is 49.4 Å². The van der Waals surface area contributed by atoms with Crippen LogP contribution in [0.5, 0.6) is 5.75 Å². The molecule has 0 N–H and O–H groups in total. The van der Waals surface area contributed by atoms with Crippen LogP contribution in [0.4, 0.5) is 0 Å². The molecule has 1 atom stereocenters. The molecule has 0 bridgehead atoms. The number of pyridine rings is 1. The Hall–Kier alpha value is -3.08. The summed E-state index contributed by atoms with van der Waals surface area (Å²) in [6.07, 6.45) is 0.774. The molecule has 4 rings (SSSR count). The number of hydrogen-bond donors (Lipinski definition) is 0. The first kappa shape index (κ1) is 17.3. The lowest BCUT2D eigenvalue weighted by Crippen LogP contribution is -2.29. The Kier molecular flexibility index (Phi) is 4.22. The summed E-state index contributed by atoms with van der Waals surface area (Å²) in [5.74, 6) is 0.0782. The molecule has 1 aromatic heterocycles. The molecule has 0 fully saturated rings. The van der Waals surface area contributed by atoms with Gasteiger partial charge in [-0.1, -0.05) is 30.3 Å². The van der Waals surface area contributed by atoms with Crippen molar-refractivity contribution in [3.8, 4) is 16.9 Å². The van der Waals surface area contributed by atoms with Gasteiger partial charge in [0.15, 0.2) is 0 Å². The zero-order valence-electron chi connectivity index (χ0n) is 15.6. The third kappa shape index (κ3) is 2.62. The van der Waals surface area contributed by atoms with Gasteiger partial charge in [0.25, 0.3) is 5.56 Å². The molecule has 2 heterocycles. The van der Waals surface area contributed by atoms with Crippen LogP contribution in [0.25, 0.3) is 22.0 Å². The third-order valence-corrected chi connectivity index (χ3v) is 5.11. The minimum Gasteiger partial charge on any atom is -0.497 e. The molecular formula is C22H21NO4. The molecule has 5 nitrogen and oxygen atoms in total. The van der Waals surface area contributed by atoms with Crippen LogP contribution in [0.3, 0.4) is 0 Å². The molecule has 27 heavy (non-hydrogen) atoms. The van der Waals surface area contributed by atoms with E-state index in [1.165, 1.54) is 0 Å². The Morgan fingerprint density at radius 1 is 1.22 bits per heavy atom. The molecule has 5 heteroatoms. The lowest BCUT2D eigenvalue weighted by Gasteiger charge is -2.17. The van der Waals surface area contributed by atoms with Gasteiger partial charge in [-0.05, 0) is 43.5 Å². The van der Waals surface area contributed by atoms with Crippen molar-refractivity contribution in [3.05, 3.63) is 63.9 Å². The molecule has 0 radical (unpaired) electrons. The molecular weight excluding hydrogens is 342 g/mol. The first-order chi connectivity index (χ1) is 13.1. The maximum Gasteiger partial charge on any atom is 0.344 e. The zero-order chi connectivity index (χ0) is 19.1. The van der Waals surface area contributed by atoms with Crippen molar-refractivity contribution in [2.75, 3.05) is 13.7 Å².